The van der Waals surface area contributed by atoms with E-state index in [2.05, 4.69) is 9.46 Å². The number of carbonyl (C=O) groups excluding carboxylic acids is 1. The quantitative estimate of drug-likeness (QED) is 0.611. The van der Waals surface area contributed by atoms with Gasteiger partial charge in [-0.2, -0.15) is 0 Å². The van der Waals surface area contributed by atoms with E-state index in [-0.39, 0.29) is 28.9 Å². The molecule has 0 aromatic heterocycles. The average Bonchev–Trinajstić information content (AvgIpc) is 2.61. The summed E-state index contributed by atoms with van der Waals surface area (Å²) in [6.45, 7) is 0. The Hall–Kier alpha value is -2.09. The smallest absolute Gasteiger partial charge is 0.337 e. The minimum atomic E-state index is -3.77. The summed E-state index contributed by atoms with van der Waals surface area (Å²) in [5.41, 5.74) is 8.72. The molecule has 0 fully saturated rings. The summed E-state index contributed by atoms with van der Waals surface area (Å²) >= 11 is 0. The molecule has 1 aliphatic rings. The van der Waals surface area contributed by atoms with Crippen LogP contribution in [-0.4, -0.2) is 21.5 Å². The molecule has 2 aromatic rings. The van der Waals surface area contributed by atoms with E-state index in [9.17, 15) is 13.2 Å². The number of ether oxygens (including phenoxy) is 1. The molecule has 1 aliphatic carbocycles. The lowest BCUT2D eigenvalue weighted by atomic mass is 9.88. The second-order valence-corrected chi connectivity index (χ2v) is 7.76. The van der Waals surface area contributed by atoms with Crippen LogP contribution in [0.15, 0.2) is 47.4 Å². The molecule has 3 N–H and O–H groups in total. The van der Waals surface area contributed by atoms with Gasteiger partial charge in [0.2, 0.25) is 10.0 Å². The van der Waals surface area contributed by atoms with Gasteiger partial charge in [0.15, 0.2) is 0 Å². The standard InChI is InChI=1S/C18H20N2O4S.ClH/c1-24-18(21)13-5-2-6-15(11-13)25(22,23)20-17-7-3-4-12-10-14(19)8-9-16(12)17;/h2,5-6,8-11,17,20H,3-4,7,19H2,1H3;1H. The fourth-order valence-electron chi connectivity index (χ4n) is 3.12. The Morgan fingerprint density at radius 2 is 2.00 bits per heavy atom. The molecule has 0 radical (unpaired) electrons. The second-order valence-electron chi connectivity index (χ2n) is 6.04. The number of benzene rings is 2. The van der Waals surface area contributed by atoms with Crippen LogP contribution in [0.1, 0.15) is 40.4 Å². The highest BCUT2D eigenvalue weighted by Gasteiger charge is 2.26. The summed E-state index contributed by atoms with van der Waals surface area (Å²) in [7, 11) is -2.51. The molecule has 0 heterocycles. The van der Waals surface area contributed by atoms with Crippen LogP contribution in [0.4, 0.5) is 5.69 Å². The average molecular weight is 397 g/mol. The molecule has 26 heavy (non-hydrogen) atoms. The number of nitrogens with one attached hydrogen (secondary N) is 1. The van der Waals surface area contributed by atoms with Gasteiger partial charge in [-0.25, -0.2) is 17.9 Å². The maximum atomic E-state index is 12.8. The van der Waals surface area contributed by atoms with E-state index in [0.717, 1.165) is 24.0 Å². The molecular formula is C18H21ClN2O4S. The number of nitrogens with two attached hydrogens (primary N) is 1. The largest absolute Gasteiger partial charge is 0.465 e. The van der Waals surface area contributed by atoms with Crippen LogP contribution in [0.3, 0.4) is 0 Å². The number of rotatable bonds is 4. The molecule has 8 heteroatoms. The van der Waals surface area contributed by atoms with E-state index in [4.69, 9.17) is 5.73 Å². The van der Waals surface area contributed by atoms with Crippen molar-refractivity contribution in [3.63, 3.8) is 0 Å². The van der Waals surface area contributed by atoms with Crippen molar-refractivity contribution in [1.29, 1.82) is 0 Å². The predicted molar refractivity (Wildman–Crippen MR) is 102 cm³/mol. The maximum absolute atomic E-state index is 12.8. The topological polar surface area (TPSA) is 98.5 Å². The number of esters is 1. The van der Waals surface area contributed by atoms with E-state index in [1.807, 2.05) is 12.1 Å². The minimum absolute atomic E-state index is 0. The summed E-state index contributed by atoms with van der Waals surface area (Å²) in [5, 5.41) is 0. The zero-order valence-corrected chi connectivity index (χ0v) is 15.9. The Morgan fingerprint density at radius 3 is 2.73 bits per heavy atom. The molecule has 2 aromatic carbocycles. The van der Waals surface area contributed by atoms with Gasteiger partial charge in [0.05, 0.1) is 17.6 Å². The lowest BCUT2D eigenvalue weighted by Gasteiger charge is -2.26. The van der Waals surface area contributed by atoms with E-state index in [1.165, 1.54) is 31.4 Å². The van der Waals surface area contributed by atoms with Gasteiger partial charge >= 0.3 is 5.97 Å². The van der Waals surface area contributed by atoms with Gasteiger partial charge in [0.1, 0.15) is 0 Å². The Morgan fingerprint density at radius 1 is 1.23 bits per heavy atom. The van der Waals surface area contributed by atoms with E-state index < -0.39 is 16.0 Å². The number of fused-ring (bicyclic) bond motifs is 1. The zero-order valence-electron chi connectivity index (χ0n) is 14.3. The van der Waals surface area contributed by atoms with Gasteiger partial charge < -0.3 is 10.5 Å². The van der Waals surface area contributed by atoms with E-state index in [0.29, 0.717) is 12.1 Å². The molecule has 0 spiro atoms. The van der Waals surface area contributed by atoms with Crippen molar-refractivity contribution in [2.75, 3.05) is 12.8 Å². The van der Waals surface area contributed by atoms with Gasteiger partial charge in [-0.15, -0.1) is 12.4 Å². The number of sulfonamides is 1. The molecule has 0 amide bonds. The van der Waals surface area contributed by atoms with Gasteiger partial charge in [0, 0.05) is 11.7 Å². The molecule has 1 unspecified atom stereocenters. The van der Waals surface area contributed by atoms with Crippen LogP contribution in [0.5, 0.6) is 0 Å². The molecule has 3 rings (SSSR count). The molecule has 1 atom stereocenters. The number of carbonyl (C=O) groups is 1. The number of halogens is 1. The number of methoxy groups -OCH3 is 1. The number of anilines is 1. The monoisotopic (exact) mass is 396 g/mol. The van der Waals surface area contributed by atoms with Crippen LogP contribution < -0.4 is 10.5 Å². The van der Waals surface area contributed by atoms with E-state index in [1.54, 1.807) is 6.07 Å². The minimum Gasteiger partial charge on any atom is -0.465 e. The van der Waals surface area contributed by atoms with Crippen LogP contribution in [0, 0.1) is 0 Å². The fraction of sp³-hybridized carbons (Fsp3) is 0.278. The SMILES string of the molecule is COC(=O)c1cccc(S(=O)(=O)NC2CCCc3cc(N)ccc32)c1.Cl. The van der Waals surface area contributed by atoms with Gasteiger partial charge in [0.25, 0.3) is 0 Å². The Kier molecular flexibility index (Phi) is 6.28. The third kappa shape index (κ3) is 4.17. The normalized spacial score (nSPS) is 16.3. The van der Waals surface area contributed by atoms with Crippen molar-refractivity contribution in [2.45, 2.75) is 30.2 Å². The summed E-state index contributed by atoms with van der Waals surface area (Å²) in [6.07, 6.45) is 2.48. The van der Waals surface area contributed by atoms with Crippen LogP contribution >= 0.6 is 12.4 Å². The summed E-state index contributed by atoms with van der Waals surface area (Å²) in [5.74, 6) is -0.574. The van der Waals surface area contributed by atoms with Crippen LogP contribution in [0.25, 0.3) is 0 Å². The third-order valence-corrected chi connectivity index (χ3v) is 5.81. The summed E-state index contributed by atoms with van der Waals surface area (Å²) in [6, 6.07) is 11.1. The maximum Gasteiger partial charge on any atom is 0.337 e. The van der Waals surface area contributed by atoms with Crippen LogP contribution in [0.2, 0.25) is 0 Å². The molecule has 0 saturated heterocycles. The molecule has 0 saturated carbocycles. The Labute approximate surface area is 159 Å². The molecule has 140 valence electrons. The van der Waals surface area contributed by atoms with Crippen molar-refractivity contribution < 1.29 is 17.9 Å². The fourth-order valence-corrected chi connectivity index (χ4v) is 4.42. The number of hydrogen-bond donors (Lipinski definition) is 2. The van der Waals surface area contributed by atoms with Crippen molar-refractivity contribution in [2.24, 2.45) is 0 Å². The van der Waals surface area contributed by atoms with Gasteiger partial charge in [-0.3, -0.25) is 0 Å². The van der Waals surface area contributed by atoms with Crippen molar-refractivity contribution in [3.8, 4) is 0 Å². The Bertz CT molecular complexity index is 915. The van der Waals surface area contributed by atoms with Crippen molar-refractivity contribution >= 4 is 34.1 Å². The summed E-state index contributed by atoms with van der Waals surface area (Å²) in [4.78, 5) is 11.7. The first-order valence-corrected chi connectivity index (χ1v) is 9.48. The summed E-state index contributed by atoms with van der Waals surface area (Å²) < 4.78 is 32.9. The molecule has 0 aliphatic heterocycles. The predicted octanol–water partition coefficient (Wildman–Crippen LogP) is 2.83. The number of hydrogen-bond acceptors (Lipinski definition) is 5. The van der Waals surface area contributed by atoms with Crippen LogP contribution in [-0.2, 0) is 21.2 Å². The lowest BCUT2D eigenvalue weighted by molar-refractivity contribution is 0.0600. The zero-order chi connectivity index (χ0) is 18.0. The number of aryl methyl sites for hydroxylation is 1. The number of nitrogen functional groups attached to an aromatic ring is 1. The molecule has 6 nitrogen and oxygen atoms in total. The van der Waals surface area contributed by atoms with E-state index >= 15 is 0 Å². The first kappa shape index (κ1) is 20.2. The molecular weight excluding hydrogens is 376 g/mol. The Balaban J connectivity index is 0.00000243. The van der Waals surface area contributed by atoms with Gasteiger partial charge in [-0.05, 0) is 60.7 Å². The highest BCUT2D eigenvalue weighted by atomic mass is 35.5. The van der Waals surface area contributed by atoms with Gasteiger partial charge in [-0.1, -0.05) is 12.1 Å². The second kappa shape index (κ2) is 8.07. The lowest BCUT2D eigenvalue weighted by Crippen LogP contribution is -2.31. The highest BCUT2D eigenvalue weighted by molar-refractivity contribution is 7.89. The van der Waals surface area contributed by atoms with Crippen molar-refractivity contribution in [3.05, 3.63) is 59.2 Å². The third-order valence-electron chi connectivity index (χ3n) is 4.34. The first-order chi connectivity index (χ1) is 11.9. The highest BCUT2D eigenvalue weighted by Crippen LogP contribution is 2.32. The van der Waals surface area contributed by atoms with Crippen molar-refractivity contribution in [1.82, 2.24) is 4.72 Å². The first-order valence-electron chi connectivity index (χ1n) is 8.00. The molecule has 0 bridgehead atoms.